The molecule has 0 saturated heterocycles. The molecular formula is C26H37N5O5S. The summed E-state index contributed by atoms with van der Waals surface area (Å²) in [6.07, 6.45) is 7.29. The van der Waals surface area contributed by atoms with Crippen LogP contribution in [0, 0.1) is 29.6 Å². The van der Waals surface area contributed by atoms with Gasteiger partial charge in [0.25, 0.3) is 0 Å². The van der Waals surface area contributed by atoms with Gasteiger partial charge in [0.15, 0.2) is 11.8 Å². The third-order valence-electron chi connectivity index (χ3n) is 8.65. The van der Waals surface area contributed by atoms with Gasteiger partial charge in [-0.1, -0.05) is 13.8 Å². The number of pyridine rings is 1. The Morgan fingerprint density at radius 2 is 1.68 bits per heavy atom. The predicted molar refractivity (Wildman–Crippen MR) is 137 cm³/mol. The van der Waals surface area contributed by atoms with Gasteiger partial charge in [0, 0.05) is 30.4 Å². The molecular weight excluding hydrogens is 494 g/mol. The number of nitrogens with zero attached hydrogens (tertiary/aromatic N) is 2. The summed E-state index contributed by atoms with van der Waals surface area (Å²) >= 11 is 0. The lowest BCUT2D eigenvalue weighted by atomic mass is 9.49. The molecule has 202 valence electrons. The number of nitrogens with two attached hydrogens (primary N) is 1. The van der Waals surface area contributed by atoms with E-state index in [-0.39, 0.29) is 34.3 Å². The van der Waals surface area contributed by atoms with Gasteiger partial charge in [-0.15, -0.1) is 0 Å². The Bertz CT molecular complexity index is 1210. The highest BCUT2D eigenvalue weighted by Crippen LogP contribution is 2.57. The molecule has 4 bridgehead atoms. The molecule has 0 unspecified atom stereocenters. The van der Waals surface area contributed by atoms with Crippen molar-refractivity contribution >= 4 is 15.9 Å². The smallest absolute Gasteiger partial charge is 0.242 e. The number of nitrogens with one attached hydrogen (secondary N) is 2. The van der Waals surface area contributed by atoms with Crippen LogP contribution in [0.25, 0.3) is 5.82 Å². The van der Waals surface area contributed by atoms with Crippen LogP contribution in [-0.4, -0.2) is 52.2 Å². The summed E-state index contributed by atoms with van der Waals surface area (Å²) in [6, 6.07) is 4.33. The minimum absolute atomic E-state index is 0.0756. The van der Waals surface area contributed by atoms with Gasteiger partial charge in [-0.2, -0.15) is 4.72 Å². The van der Waals surface area contributed by atoms with Crippen molar-refractivity contribution < 1.29 is 23.4 Å². The lowest BCUT2D eigenvalue weighted by molar-refractivity contribution is -0.124. The van der Waals surface area contributed by atoms with E-state index in [9.17, 15) is 23.4 Å². The van der Waals surface area contributed by atoms with E-state index in [2.05, 4.69) is 15.0 Å². The van der Waals surface area contributed by atoms with E-state index in [1.165, 1.54) is 30.7 Å². The quantitative estimate of drug-likeness (QED) is 0.332. The van der Waals surface area contributed by atoms with Gasteiger partial charge < -0.3 is 21.3 Å². The minimum Gasteiger partial charge on any atom is -0.494 e. The Morgan fingerprint density at radius 1 is 1.08 bits per heavy atom. The van der Waals surface area contributed by atoms with Crippen LogP contribution >= 0.6 is 0 Å². The highest BCUT2D eigenvalue weighted by Gasteiger charge is 2.55. The van der Waals surface area contributed by atoms with E-state index in [4.69, 9.17) is 5.73 Å². The minimum atomic E-state index is -4.07. The van der Waals surface area contributed by atoms with Crippen LogP contribution in [0.1, 0.15) is 52.4 Å². The standard InChI is InChI=1S/C26H37N5O5S/c1-15(2)7-21(25(34)29-14-26(27)18-9-16-8-17(11-18)12-19(26)10-16)30-37(35,36)20-3-4-22(28-13-20)31-23(32)5-6-24(31)33/h3-6,13,15-19,21,30,32-33H,7-12,14,27H2,1-2H3,(H,29,34)/t16?,17?,18?,19?,21-,26?/m0/s1. The first-order chi connectivity index (χ1) is 17.5. The molecule has 0 spiro atoms. The maximum Gasteiger partial charge on any atom is 0.242 e. The number of aromatic hydroxyl groups is 2. The normalized spacial score (nSPS) is 29.5. The molecule has 4 saturated carbocycles. The van der Waals surface area contributed by atoms with Crippen molar-refractivity contribution in [1.29, 1.82) is 0 Å². The summed E-state index contributed by atoms with van der Waals surface area (Å²) in [5.41, 5.74) is 6.50. The lowest BCUT2D eigenvalue weighted by Gasteiger charge is -2.60. The zero-order valence-electron chi connectivity index (χ0n) is 21.3. The van der Waals surface area contributed by atoms with Crippen LogP contribution in [0.15, 0.2) is 35.4 Å². The van der Waals surface area contributed by atoms with E-state index < -0.39 is 21.6 Å². The Balaban J connectivity index is 1.28. The summed E-state index contributed by atoms with van der Waals surface area (Å²) in [5, 5.41) is 22.8. The van der Waals surface area contributed by atoms with Gasteiger partial charge in [-0.3, -0.25) is 4.79 Å². The molecule has 1 amide bonds. The molecule has 0 aliphatic heterocycles. The van der Waals surface area contributed by atoms with Crippen molar-refractivity contribution in [2.75, 3.05) is 6.54 Å². The maximum atomic E-state index is 13.3. The van der Waals surface area contributed by atoms with E-state index in [0.29, 0.717) is 24.8 Å². The van der Waals surface area contributed by atoms with Crippen LogP contribution in [0.3, 0.4) is 0 Å². The SMILES string of the molecule is CC(C)C[C@H](NS(=O)(=O)c1ccc(-n2c(O)ccc2O)nc1)C(=O)NCC1(N)C2CC3CC(C2)CC1C3. The van der Waals surface area contributed by atoms with Crippen molar-refractivity contribution in [1.82, 2.24) is 19.6 Å². The molecule has 0 radical (unpaired) electrons. The fourth-order valence-corrected chi connectivity index (χ4v) is 8.12. The van der Waals surface area contributed by atoms with Crippen molar-refractivity contribution in [3.63, 3.8) is 0 Å². The van der Waals surface area contributed by atoms with E-state index >= 15 is 0 Å². The molecule has 2 heterocycles. The number of sulfonamides is 1. The number of rotatable bonds is 9. The molecule has 37 heavy (non-hydrogen) atoms. The molecule has 6 N–H and O–H groups in total. The molecule has 1 atom stereocenters. The van der Waals surface area contributed by atoms with Crippen LogP contribution in [-0.2, 0) is 14.8 Å². The summed E-state index contributed by atoms with van der Waals surface area (Å²) < 4.78 is 30.0. The number of carbonyl (C=O) groups is 1. The predicted octanol–water partition coefficient (Wildman–Crippen LogP) is 2.25. The monoisotopic (exact) mass is 531 g/mol. The van der Waals surface area contributed by atoms with Crippen molar-refractivity contribution in [2.45, 2.75) is 68.8 Å². The van der Waals surface area contributed by atoms with Crippen molar-refractivity contribution in [3.05, 3.63) is 30.5 Å². The Kier molecular flexibility index (Phi) is 6.74. The van der Waals surface area contributed by atoms with E-state index in [1.807, 2.05) is 13.8 Å². The summed E-state index contributed by atoms with van der Waals surface area (Å²) in [4.78, 5) is 17.2. The molecule has 4 aliphatic carbocycles. The molecule has 2 aromatic heterocycles. The molecule has 4 aliphatic rings. The van der Waals surface area contributed by atoms with Gasteiger partial charge in [-0.25, -0.2) is 18.0 Å². The van der Waals surface area contributed by atoms with Gasteiger partial charge in [-0.05, 0) is 80.2 Å². The zero-order chi connectivity index (χ0) is 26.5. The van der Waals surface area contributed by atoms with Crippen molar-refractivity contribution in [2.24, 2.45) is 35.3 Å². The summed E-state index contributed by atoms with van der Waals surface area (Å²) in [6.45, 7) is 4.23. The molecule has 11 heteroatoms. The molecule has 6 rings (SSSR count). The summed E-state index contributed by atoms with van der Waals surface area (Å²) in [5.74, 6) is 1.74. The highest BCUT2D eigenvalue weighted by atomic mass is 32.2. The van der Waals surface area contributed by atoms with Gasteiger partial charge in [0.05, 0.1) is 0 Å². The number of hydrogen-bond donors (Lipinski definition) is 5. The Morgan fingerprint density at radius 3 is 2.19 bits per heavy atom. The van der Waals surface area contributed by atoms with Gasteiger partial charge in [0.1, 0.15) is 16.8 Å². The van der Waals surface area contributed by atoms with Crippen LogP contribution in [0.4, 0.5) is 0 Å². The Labute approximate surface area is 217 Å². The lowest BCUT2D eigenvalue weighted by Crippen LogP contribution is -2.67. The van der Waals surface area contributed by atoms with E-state index in [1.54, 1.807) is 0 Å². The van der Waals surface area contributed by atoms with Gasteiger partial charge in [0.2, 0.25) is 15.9 Å². The third-order valence-corrected chi connectivity index (χ3v) is 10.1. The largest absolute Gasteiger partial charge is 0.494 e. The van der Waals surface area contributed by atoms with E-state index in [0.717, 1.165) is 48.3 Å². The first-order valence-electron chi connectivity index (χ1n) is 13.1. The number of amides is 1. The zero-order valence-corrected chi connectivity index (χ0v) is 22.1. The second-order valence-corrected chi connectivity index (χ2v) is 13.4. The Hall–Kier alpha value is -2.63. The first-order valence-corrected chi connectivity index (χ1v) is 14.6. The second kappa shape index (κ2) is 9.59. The topological polar surface area (TPSA) is 160 Å². The fraction of sp³-hybridized carbons (Fsp3) is 0.615. The van der Waals surface area contributed by atoms with Crippen LogP contribution in [0.5, 0.6) is 11.8 Å². The fourth-order valence-electron chi connectivity index (χ4n) is 6.96. The molecule has 4 fully saturated rings. The average molecular weight is 532 g/mol. The van der Waals surface area contributed by atoms with Crippen molar-refractivity contribution in [3.8, 4) is 17.6 Å². The van der Waals surface area contributed by atoms with Crippen LogP contribution in [0.2, 0.25) is 0 Å². The second-order valence-electron chi connectivity index (χ2n) is 11.7. The van der Waals surface area contributed by atoms with Crippen LogP contribution < -0.4 is 15.8 Å². The number of carbonyl (C=O) groups excluding carboxylic acids is 1. The maximum absolute atomic E-state index is 13.3. The van der Waals surface area contributed by atoms with Gasteiger partial charge >= 0.3 is 0 Å². The number of hydrogen-bond acceptors (Lipinski definition) is 7. The average Bonchev–Trinajstić information content (AvgIpc) is 3.17. The number of aromatic nitrogens is 2. The first kappa shape index (κ1) is 26.0. The third kappa shape index (κ3) is 4.96. The summed E-state index contributed by atoms with van der Waals surface area (Å²) in [7, 11) is -4.07. The molecule has 10 nitrogen and oxygen atoms in total. The molecule has 2 aromatic rings. The highest BCUT2D eigenvalue weighted by molar-refractivity contribution is 7.89. The molecule has 0 aromatic carbocycles.